The van der Waals surface area contributed by atoms with Crippen LogP contribution in [0.4, 0.5) is 0 Å². The fraction of sp³-hybridized carbons (Fsp3) is 0.214. The summed E-state index contributed by atoms with van der Waals surface area (Å²) < 4.78 is 4.96. The lowest BCUT2D eigenvalue weighted by Gasteiger charge is -2.10. The highest BCUT2D eigenvalue weighted by molar-refractivity contribution is 5.92. The summed E-state index contributed by atoms with van der Waals surface area (Å²) in [5, 5.41) is 12.2. The lowest BCUT2D eigenvalue weighted by atomic mass is 10.2. The van der Waals surface area contributed by atoms with Gasteiger partial charge in [0.25, 0.3) is 0 Å². The molecular formula is C14H18N2O4. The van der Waals surface area contributed by atoms with Gasteiger partial charge in [-0.25, -0.2) is 4.79 Å². The SMILES string of the molecule is C=C/C(O)=C(\C=C)C(=O)OC/C(=C/N=C)NCC(C)=O. The molecule has 0 spiro atoms. The van der Waals surface area contributed by atoms with Crippen LogP contribution < -0.4 is 5.32 Å². The number of aliphatic hydroxyl groups excluding tert-OH is 1. The number of aliphatic imine (C=N–C) groups is 1. The first-order valence-corrected chi connectivity index (χ1v) is 5.69. The van der Waals surface area contributed by atoms with E-state index in [9.17, 15) is 14.7 Å². The predicted octanol–water partition coefficient (Wildman–Crippen LogP) is 1.43. The summed E-state index contributed by atoms with van der Waals surface area (Å²) in [4.78, 5) is 26.1. The van der Waals surface area contributed by atoms with Gasteiger partial charge >= 0.3 is 5.97 Å². The molecule has 6 nitrogen and oxygen atoms in total. The standard InChI is InChI=1S/C14H18N2O4/c1-5-12(13(18)6-2)14(19)20-9-11(8-15-4)16-7-10(3)17/h5-6,8,16,18H,1-2,4,7,9H2,3H3/b11-8-,13-12-. The highest BCUT2D eigenvalue weighted by Gasteiger charge is 2.12. The van der Waals surface area contributed by atoms with Crippen molar-refractivity contribution in [1.29, 1.82) is 0 Å². The Morgan fingerprint density at radius 3 is 2.45 bits per heavy atom. The summed E-state index contributed by atoms with van der Waals surface area (Å²) in [5.41, 5.74) is 0.308. The molecule has 108 valence electrons. The van der Waals surface area contributed by atoms with Crippen LogP contribution in [0, 0.1) is 0 Å². The monoisotopic (exact) mass is 278 g/mol. The molecule has 0 bridgehead atoms. The fourth-order valence-corrected chi connectivity index (χ4v) is 1.11. The van der Waals surface area contributed by atoms with Crippen molar-refractivity contribution in [3.8, 4) is 0 Å². The average Bonchev–Trinajstić information content (AvgIpc) is 2.42. The third-order valence-corrected chi connectivity index (χ3v) is 2.06. The van der Waals surface area contributed by atoms with Crippen molar-refractivity contribution in [2.45, 2.75) is 6.92 Å². The summed E-state index contributed by atoms with van der Waals surface area (Å²) in [6.45, 7) is 11.4. The molecule has 0 radical (unpaired) electrons. The highest BCUT2D eigenvalue weighted by atomic mass is 16.5. The second-order valence-corrected chi connectivity index (χ2v) is 3.68. The topological polar surface area (TPSA) is 88.0 Å². The second kappa shape index (κ2) is 9.32. The van der Waals surface area contributed by atoms with Crippen molar-refractivity contribution < 1.29 is 19.4 Å². The maximum atomic E-state index is 11.7. The van der Waals surface area contributed by atoms with E-state index in [1.165, 1.54) is 13.1 Å². The Morgan fingerprint density at radius 2 is 2.00 bits per heavy atom. The zero-order valence-corrected chi connectivity index (χ0v) is 11.4. The number of rotatable bonds is 9. The van der Waals surface area contributed by atoms with Crippen molar-refractivity contribution in [3.63, 3.8) is 0 Å². The first kappa shape index (κ1) is 17.4. The van der Waals surface area contributed by atoms with Crippen LogP contribution in [-0.2, 0) is 14.3 Å². The quantitative estimate of drug-likeness (QED) is 0.219. The summed E-state index contributed by atoms with van der Waals surface area (Å²) in [6.07, 6.45) is 3.60. The number of carbonyl (C=O) groups excluding carboxylic acids is 2. The average molecular weight is 278 g/mol. The molecule has 0 saturated carbocycles. The molecule has 0 atom stereocenters. The summed E-state index contributed by atoms with van der Waals surface area (Å²) in [6, 6.07) is 0. The van der Waals surface area contributed by atoms with Gasteiger partial charge in [0.05, 0.1) is 12.2 Å². The summed E-state index contributed by atoms with van der Waals surface area (Å²) in [7, 11) is 0. The minimum atomic E-state index is -0.767. The molecule has 0 heterocycles. The smallest absolute Gasteiger partial charge is 0.342 e. The maximum Gasteiger partial charge on any atom is 0.342 e. The molecule has 0 aliphatic rings. The Morgan fingerprint density at radius 1 is 1.35 bits per heavy atom. The van der Waals surface area contributed by atoms with E-state index in [0.29, 0.717) is 5.70 Å². The molecule has 0 aromatic rings. The minimum absolute atomic E-state index is 0.0812. The van der Waals surface area contributed by atoms with Crippen LogP contribution in [0.15, 0.2) is 53.5 Å². The van der Waals surface area contributed by atoms with E-state index in [2.05, 4.69) is 30.2 Å². The Hall–Kier alpha value is -2.63. The molecule has 0 unspecified atom stereocenters. The van der Waals surface area contributed by atoms with Crippen molar-refractivity contribution in [3.05, 3.63) is 48.5 Å². The Kier molecular flexibility index (Phi) is 8.09. The van der Waals surface area contributed by atoms with E-state index in [1.54, 1.807) is 0 Å². The predicted molar refractivity (Wildman–Crippen MR) is 77.3 cm³/mol. The van der Waals surface area contributed by atoms with Crippen molar-refractivity contribution >= 4 is 18.5 Å². The Labute approximate surface area is 117 Å². The molecule has 20 heavy (non-hydrogen) atoms. The first-order chi connectivity index (χ1) is 9.46. The molecule has 0 amide bonds. The van der Waals surface area contributed by atoms with Crippen molar-refractivity contribution in [1.82, 2.24) is 5.32 Å². The maximum absolute atomic E-state index is 11.7. The minimum Gasteiger partial charge on any atom is -0.507 e. The first-order valence-electron chi connectivity index (χ1n) is 5.69. The van der Waals surface area contributed by atoms with Crippen LogP contribution in [0.3, 0.4) is 0 Å². The largest absolute Gasteiger partial charge is 0.507 e. The fourth-order valence-electron chi connectivity index (χ4n) is 1.11. The molecule has 0 aromatic carbocycles. The number of hydrogen-bond acceptors (Lipinski definition) is 6. The van der Waals surface area contributed by atoms with Crippen LogP contribution >= 0.6 is 0 Å². The number of Topliss-reactive ketones (excluding diaryl/α,β-unsaturated/α-hetero) is 1. The molecule has 0 aliphatic carbocycles. The van der Waals surface area contributed by atoms with Gasteiger partial charge in [-0.15, -0.1) is 0 Å². The second-order valence-electron chi connectivity index (χ2n) is 3.68. The number of hydrogen-bond donors (Lipinski definition) is 2. The van der Waals surface area contributed by atoms with Crippen LogP contribution in [0.25, 0.3) is 0 Å². The van der Waals surface area contributed by atoms with Gasteiger partial charge in [0.15, 0.2) is 0 Å². The van der Waals surface area contributed by atoms with Crippen LogP contribution in [0.5, 0.6) is 0 Å². The van der Waals surface area contributed by atoms with Crippen LogP contribution in [0.1, 0.15) is 6.92 Å². The van der Waals surface area contributed by atoms with E-state index in [0.717, 1.165) is 12.2 Å². The van der Waals surface area contributed by atoms with Gasteiger partial charge in [-0.3, -0.25) is 9.79 Å². The number of aliphatic hydroxyl groups is 1. The molecular weight excluding hydrogens is 260 g/mol. The number of nitrogens with one attached hydrogen (secondary N) is 1. The lowest BCUT2D eigenvalue weighted by molar-refractivity contribution is -0.137. The van der Waals surface area contributed by atoms with Crippen LogP contribution in [-0.4, -0.2) is 36.7 Å². The lowest BCUT2D eigenvalue weighted by Crippen LogP contribution is -2.24. The number of carbonyl (C=O) groups is 2. The van der Waals surface area contributed by atoms with Crippen molar-refractivity contribution in [2.75, 3.05) is 13.2 Å². The van der Waals surface area contributed by atoms with Crippen molar-refractivity contribution in [2.24, 2.45) is 4.99 Å². The van der Waals surface area contributed by atoms with Gasteiger partial charge < -0.3 is 15.2 Å². The summed E-state index contributed by atoms with van der Waals surface area (Å²) >= 11 is 0. The summed E-state index contributed by atoms with van der Waals surface area (Å²) in [5.74, 6) is -1.17. The molecule has 0 fully saturated rings. The number of allylic oxidation sites excluding steroid dienone is 1. The van der Waals surface area contributed by atoms with Gasteiger partial charge in [-0.2, -0.15) is 0 Å². The van der Waals surface area contributed by atoms with E-state index in [1.807, 2.05) is 0 Å². The van der Waals surface area contributed by atoms with Gasteiger partial charge in [-0.05, 0) is 19.7 Å². The van der Waals surface area contributed by atoms with E-state index in [4.69, 9.17) is 4.74 Å². The third kappa shape index (κ3) is 6.34. The highest BCUT2D eigenvalue weighted by Crippen LogP contribution is 2.07. The Balaban J connectivity index is 4.71. The Bertz CT molecular complexity index is 476. The van der Waals surface area contributed by atoms with Crippen LogP contribution in [0.2, 0.25) is 0 Å². The van der Waals surface area contributed by atoms with E-state index >= 15 is 0 Å². The zero-order chi connectivity index (χ0) is 15.5. The zero-order valence-electron chi connectivity index (χ0n) is 11.4. The van der Waals surface area contributed by atoms with Gasteiger partial charge in [-0.1, -0.05) is 19.2 Å². The molecule has 6 heteroatoms. The van der Waals surface area contributed by atoms with E-state index < -0.39 is 5.97 Å². The molecule has 2 N–H and O–H groups in total. The number of nitrogens with zero attached hydrogens (tertiary/aromatic N) is 1. The number of ketones is 1. The normalized spacial score (nSPS) is 11.9. The van der Waals surface area contributed by atoms with Gasteiger partial charge in [0.2, 0.25) is 0 Å². The third-order valence-electron chi connectivity index (χ3n) is 2.06. The van der Waals surface area contributed by atoms with Gasteiger partial charge in [0, 0.05) is 6.20 Å². The molecule has 0 aliphatic heterocycles. The van der Waals surface area contributed by atoms with E-state index in [-0.39, 0.29) is 30.3 Å². The molecule has 0 aromatic heterocycles. The van der Waals surface area contributed by atoms with Gasteiger partial charge in [0.1, 0.15) is 23.7 Å². The number of ether oxygens (including phenoxy) is 1. The molecule has 0 saturated heterocycles. The number of esters is 1. The molecule has 0 rings (SSSR count).